The second-order valence-corrected chi connectivity index (χ2v) is 7.04. The van der Waals surface area contributed by atoms with E-state index >= 15 is 0 Å². The van der Waals surface area contributed by atoms with Gasteiger partial charge in [-0.3, -0.25) is 9.78 Å². The number of carbonyl (C=O) groups is 1. The zero-order valence-electron chi connectivity index (χ0n) is 12.6. The number of benzene rings is 1. The number of sulfone groups is 1. The van der Waals surface area contributed by atoms with Crippen LogP contribution < -0.4 is 0 Å². The van der Waals surface area contributed by atoms with E-state index in [1.165, 1.54) is 18.6 Å². The zero-order valence-corrected chi connectivity index (χ0v) is 13.4. The van der Waals surface area contributed by atoms with Gasteiger partial charge in [0.25, 0.3) is 5.91 Å². The van der Waals surface area contributed by atoms with Gasteiger partial charge in [-0.15, -0.1) is 0 Å². The Morgan fingerprint density at radius 3 is 2.32 bits per heavy atom. The molecule has 0 aliphatic carbocycles. The maximum Gasteiger partial charge on any atom is 0.274 e. The second kappa shape index (κ2) is 6.23. The molecule has 6 nitrogen and oxygen atoms in total. The van der Waals surface area contributed by atoms with Crippen LogP contribution in [0.3, 0.4) is 0 Å². The molecule has 2 aromatic rings. The van der Waals surface area contributed by atoms with E-state index in [0.29, 0.717) is 0 Å². The van der Waals surface area contributed by atoms with Crippen LogP contribution in [0.5, 0.6) is 0 Å². The molecule has 0 N–H and O–H groups in total. The molecule has 116 valence electrons. The fourth-order valence-corrected chi connectivity index (χ4v) is 2.61. The van der Waals surface area contributed by atoms with Crippen molar-refractivity contribution in [2.75, 3.05) is 13.3 Å². The summed E-state index contributed by atoms with van der Waals surface area (Å²) in [6, 6.07) is 6.29. The van der Waals surface area contributed by atoms with Gasteiger partial charge in [0.05, 0.1) is 17.1 Å². The van der Waals surface area contributed by atoms with E-state index < -0.39 is 9.84 Å². The third kappa shape index (κ3) is 3.48. The minimum absolute atomic E-state index is 0.219. The Morgan fingerprint density at radius 1 is 1.18 bits per heavy atom. The van der Waals surface area contributed by atoms with Gasteiger partial charge in [-0.1, -0.05) is 12.1 Å². The van der Waals surface area contributed by atoms with Crippen LogP contribution in [0.1, 0.15) is 29.0 Å². The van der Waals surface area contributed by atoms with Crippen LogP contribution in [0.25, 0.3) is 0 Å². The monoisotopic (exact) mass is 319 g/mol. The molecule has 0 spiro atoms. The van der Waals surface area contributed by atoms with E-state index in [2.05, 4.69) is 9.97 Å². The van der Waals surface area contributed by atoms with Gasteiger partial charge in [0.1, 0.15) is 5.69 Å². The third-order valence-electron chi connectivity index (χ3n) is 3.47. The number of amides is 1. The molecule has 22 heavy (non-hydrogen) atoms. The summed E-state index contributed by atoms with van der Waals surface area (Å²) in [4.78, 5) is 22.0. The summed E-state index contributed by atoms with van der Waals surface area (Å²) in [7, 11) is -1.55. The Labute approximate surface area is 129 Å². The van der Waals surface area contributed by atoms with E-state index in [4.69, 9.17) is 0 Å². The normalized spacial score (nSPS) is 12.7. The highest BCUT2D eigenvalue weighted by atomic mass is 32.2. The molecular weight excluding hydrogens is 302 g/mol. The minimum Gasteiger partial charge on any atom is -0.334 e. The molecule has 1 aromatic heterocycles. The molecule has 7 heteroatoms. The lowest BCUT2D eigenvalue weighted by Crippen LogP contribution is -2.30. The number of hydrogen-bond acceptors (Lipinski definition) is 5. The maximum absolute atomic E-state index is 12.3. The van der Waals surface area contributed by atoms with Crippen molar-refractivity contribution in [3.8, 4) is 0 Å². The summed E-state index contributed by atoms with van der Waals surface area (Å²) < 4.78 is 22.9. The van der Waals surface area contributed by atoms with Crippen molar-refractivity contribution in [2.24, 2.45) is 0 Å². The van der Waals surface area contributed by atoms with Crippen LogP contribution in [0.4, 0.5) is 0 Å². The van der Waals surface area contributed by atoms with Crippen molar-refractivity contribution in [3.63, 3.8) is 0 Å². The highest BCUT2D eigenvalue weighted by Gasteiger charge is 2.20. The van der Waals surface area contributed by atoms with Crippen LogP contribution in [0.2, 0.25) is 0 Å². The lowest BCUT2D eigenvalue weighted by atomic mass is 10.1. The van der Waals surface area contributed by atoms with Gasteiger partial charge in [0, 0.05) is 25.7 Å². The van der Waals surface area contributed by atoms with E-state index in [1.54, 1.807) is 36.2 Å². The molecule has 1 atom stereocenters. The second-order valence-electron chi connectivity index (χ2n) is 5.02. The molecule has 0 aliphatic rings. The van der Waals surface area contributed by atoms with Gasteiger partial charge in [-0.05, 0) is 24.6 Å². The molecule has 1 aromatic carbocycles. The first kappa shape index (κ1) is 16.1. The number of hydrogen-bond donors (Lipinski definition) is 0. The standard InChI is InChI=1S/C15H17N3O3S/c1-11(12-4-6-13(7-5-12)22(3,20)21)18(2)15(19)14-10-16-8-9-17-14/h4-11H,1-3H3/t11-/m1/s1. The molecule has 0 saturated carbocycles. The topological polar surface area (TPSA) is 80.2 Å². The summed E-state index contributed by atoms with van der Waals surface area (Å²) >= 11 is 0. The van der Waals surface area contributed by atoms with Crippen LogP contribution in [0.15, 0.2) is 47.8 Å². The summed E-state index contributed by atoms with van der Waals surface area (Å²) in [5.74, 6) is -0.243. The van der Waals surface area contributed by atoms with Crippen LogP contribution in [-0.2, 0) is 9.84 Å². The molecule has 2 rings (SSSR count). The third-order valence-corrected chi connectivity index (χ3v) is 4.60. The van der Waals surface area contributed by atoms with Gasteiger partial charge in [-0.2, -0.15) is 0 Å². The highest BCUT2D eigenvalue weighted by molar-refractivity contribution is 7.90. The zero-order chi connectivity index (χ0) is 16.3. The van der Waals surface area contributed by atoms with Crippen molar-refractivity contribution in [3.05, 3.63) is 54.1 Å². The minimum atomic E-state index is -3.22. The molecule has 0 bridgehead atoms. The van der Waals surface area contributed by atoms with Crippen LogP contribution in [-0.4, -0.2) is 42.5 Å². The number of aromatic nitrogens is 2. The average Bonchev–Trinajstić information content (AvgIpc) is 2.53. The first-order valence-corrected chi connectivity index (χ1v) is 8.53. The highest BCUT2D eigenvalue weighted by Crippen LogP contribution is 2.21. The summed E-state index contributed by atoms with van der Waals surface area (Å²) in [5, 5.41) is 0. The lowest BCUT2D eigenvalue weighted by Gasteiger charge is -2.25. The van der Waals surface area contributed by atoms with E-state index in [1.807, 2.05) is 6.92 Å². The first-order chi connectivity index (χ1) is 10.3. The van der Waals surface area contributed by atoms with Crippen molar-refractivity contribution in [2.45, 2.75) is 17.9 Å². The largest absolute Gasteiger partial charge is 0.334 e. The molecule has 1 heterocycles. The van der Waals surface area contributed by atoms with Gasteiger partial charge in [-0.25, -0.2) is 13.4 Å². The fraction of sp³-hybridized carbons (Fsp3) is 0.267. The SMILES string of the molecule is C[C@H](c1ccc(S(C)(=O)=O)cc1)N(C)C(=O)c1cnccn1. The summed E-state index contributed by atoms with van der Waals surface area (Å²) in [6.07, 6.45) is 5.55. The Balaban J connectivity index is 2.20. The van der Waals surface area contributed by atoms with Gasteiger partial charge in [0.15, 0.2) is 9.84 Å². The van der Waals surface area contributed by atoms with E-state index in [0.717, 1.165) is 11.8 Å². The lowest BCUT2D eigenvalue weighted by molar-refractivity contribution is 0.0736. The Kier molecular flexibility index (Phi) is 4.56. The van der Waals surface area contributed by atoms with E-state index in [-0.39, 0.29) is 22.5 Å². The Bertz CT molecular complexity index is 758. The quantitative estimate of drug-likeness (QED) is 0.857. The van der Waals surface area contributed by atoms with E-state index in [9.17, 15) is 13.2 Å². The summed E-state index contributed by atoms with van der Waals surface area (Å²) in [6.45, 7) is 1.86. The molecular formula is C15H17N3O3S. The molecule has 0 radical (unpaired) electrons. The number of nitrogens with zero attached hydrogens (tertiary/aromatic N) is 3. The van der Waals surface area contributed by atoms with Crippen molar-refractivity contribution < 1.29 is 13.2 Å². The number of rotatable bonds is 4. The molecule has 0 aliphatic heterocycles. The first-order valence-electron chi connectivity index (χ1n) is 6.64. The Hall–Kier alpha value is -2.28. The van der Waals surface area contributed by atoms with Crippen LogP contribution in [0, 0.1) is 0 Å². The fourth-order valence-electron chi connectivity index (χ4n) is 1.98. The number of carbonyl (C=O) groups excluding carboxylic acids is 1. The smallest absolute Gasteiger partial charge is 0.274 e. The Morgan fingerprint density at radius 2 is 1.82 bits per heavy atom. The van der Waals surface area contributed by atoms with Gasteiger partial charge in [0.2, 0.25) is 0 Å². The maximum atomic E-state index is 12.3. The van der Waals surface area contributed by atoms with Gasteiger partial charge < -0.3 is 4.90 Å². The molecule has 0 saturated heterocycles. The van der Waals surface area contributed by atoms with Crippen molar-refractivity contribution in [1.82, 2.24) is 14.9 Å². The summed E-state index contributed by atoms with van der Waals surface area (Å²) in [5.41, 5.74) is 1.11. The average molecular weight is 319 g/mol. The predicted octanol–water partition coefficient (Wildman–Crippen LogP) is 1.71. The molecule has 1 amide bonds. The predicted molar refractivity (Wildman–Crippen MR) is 82.1 cm³/mol. The van der Waals surface area contributed by atoms with Crippen molar-refractivity contribution >= 4 is 15.7 Å². The molecule has 0 fully saturated rings. The van der Waals surface area contributed by atoms with Gasteiger partial charge >= 0.3 is 0 Å². The van der Waals surface area contributed by atoms with Crippen LogP contribution >= 0.6 is 0 Å². The van der Waals surface area contributed by atoms with Crippen molar-refractivity contribution in [1.29, 1.82) is 0 Å². The molecule has 0 unspecified atom stereocenters.